The third kappa shape index (κ3) is 2.44. The quantitative estimate of drug-likeness (QED) is 0.845. The van der Waals surface area contributed by atoms with E-state index in [1.807, 2.05) is 31.2 Å². The molecule has 0 heterocycles. The first kappa shape index (κ1) is 14.2. The average molecular weight is 282 g/mol. The Balaban J connectivity index is 2.15. The van der Waals surface area contributed by atoms with Crippen LogP contribution >= 0.6 is 0 Å². The van der Waals surface area contributed by atoms with Crippen LogP contribution in [0.1, 0.15) is 41.5 Å². The Bertz CT molecular complexity index is 648. The zero-order valence-electron chi connectivity index (χ0n) is 12.7. The van der Waals surface area contributed by atoms with E-state index in [0.717, 1.165) is 48.1 Å². The highest BCUT2D eigenvalue weighted by Gasteiger charge is 2.35. The third-order valence-electron chi connectivity index (χ3n) is 4.58. The van der Waals surface area contributed by atoms with Gasteiger partial charge in [-0.15, -0.1) is 0 Å². The summed E-state index contributed by atoms with van der Waals surface area (Å²) >= 11 is 0. The minimum atomic E-state index is -0.885. The van der Waals surface area contributed by atoms with E-state index in [-0.39, 0.29) is 0 Å². The van der Waals surface area contributed by atoms with Crippen LogP contribution in [0.5, 0.6) is 5.75 Å². The summed E-state index contributed by atoms with van der Waals surface area (Å²) in [7, 11) is 1.67. The van der Waals surface area contributed by atoms with Crippen molar-refractivity contribution in [3.63, 3.8) is 0 Å². The van der Waals surface area contributed by atoms with Gasteiger partial charge in [-0.25, -0.2) is 0 Å². The summed E-state index contributed by atoms with van der Waals surface area (Å²) in [5.74, 6) is 0.835. The number of rotatable bonds is 2. The highest BCUT2D eigenvalue weighted by Crippen LogP contribution is 2.41. The molecule has 0 aromatic heterocycles. The number of fused-ring (bicyclic) bond motifs is 1. The fourth-order valence-corrected chi connectivity index (χ4v) is 3.48. The highest BCUT2D eigenvalue weighted by atomic mass is 16.5. The highest BCUT2D eigenvalue weighted by molar-refractivity contribution is 5.47. The molecule has 0 aliphatic heterocycles. The SMILES string of the molecule is COc1ccc(C2(O)CCCCc3ccccc32)c(C)c1. The van der Waals surface area contributed by atoms with Gasteiger partial charge in [-0.1, -0.05) is 30.3 Å². The molecule has 1 aliphatic rings. The molecule has 0 saturated heterocycles. The summed E-state index contributed by atoms with van der Waals surface area (Å²) in [5.41, 5.74) is 3.53. The molecule has 0 amide bonds. The maximum atomic E-state index is 11.5. The number of hydrogen-bond donors (Lipinski definition) is 1. The number of hydrogen-bond acceptors (Lipinski definition) is 2. The summed E-state index contributed by atoms with van der Waals surface area (Å²) in [5, 5.41) is 11.5. The van der Waals surface area contributed by atoms with Crippen LogP contribution in [0.4, 0.5) is 0 Å². The van der Waals surface area contributed by atoms with Crippen LogP contribution in [0.25, 0.3) is 0 Å². The second kappa shape index (κ2) is 5.53. The number of ether oxygens (including phenoxy) is 1. The van der Waals surface area contributed by atoms with Crippen molar-refractivity contribution in [1.29, 1.82) is 0 Å². The Morgan fingerprint density at radius 3 is 2.62 bits per heavy atom. The molecule has 0 spiro atoms. The molecule has 2 aromatic carbocycles. The van der Waals surface area contributed by atoms with Gasteiger partial charge in [-0.3, -0.25) is 0 Å². The summed E-state index contributed by atoms with van der Waals surface area (Å²) < 4.78 is 5.28. The lowest BCUT2D eigenvalue weighted by molar-refractivity contribution is 0.0697. The first-order valence-corrected chi connectivity index (χ1v) is 7.61. The van der Waals surface area contributed by atoms with E-state index in [0.29, 0.717) is 0 Å². The molecule has 2 aromatic rings. The molecular weight excluding hydrogens is 260 g/mol. The zero-order valence-corrected chi connectivity index (χ0v) is 12.7. The smallest absolute Gasteiger partial charge is 0.119 e. The van der Waals surface area contributed by atoms with E-state index >= 15 is 0 Å². The maximum Gasteiger partial charge on any atom is 0.119 e. The summed E-state index contributed by atoms with van der Waals surface area (Å²) in [6, 6.07) is 14.2. The number of aliphatic hydroxyl groups is 1. The molecule has 0 bridgehead atoms. The molecule has 0 radical (unpaired) electrons. The van der Waals surface area contributed by atoms with Crippen LogP contribution < -0.4 is 4.74 Å². The van der Waals surface area contributed by atoms with E-state index in [2.05, 4.69) is 18.2 Å². The van der Waals surface area contributed by atoms with Crippen LogP contribution in [0.2, 0.25) is 0 Å². The summed E-state index contributed by atoms with van der Waals surface area (Å²) in [6.45, 7) is 2.04. The molecule has 21 heavy (non-hydrogen) atoms. The van der Waals surface area contributed by atoms with E-state index in [1.54, 1.807) is 7.11 Å². The fourth-order valence-electron chi connectivity index (χ4n) is 3.48. The van der Waals surface area contributed by atoms with Gasteiger partial charge in [0.2, 0.25) is 0 Å². The van der Waals surface area contributed by atoms with Crippen LogP contribution in [-0.4, -0.2) is 12.2 Å². The Morgan fingerprint density at radius 2 is 1.86 bits per heavy atom. The minimum Gasteiger partial charge on any atom is -0.497 e. The Hall–Kier alpha value is -1.80. The second-order valence-corrected chi connectivity index (χ2v) is 5.91. The molecule has 3 rings (SSSR count). The molecular formula is C19H22O2. The topological polar surface area (TPSA) is 29.5 Å². The van der Waals surface area contributed by atoms with Crippen molar-refractivity contribution in [2.24, 2.45) is 0 Å². The van der Waals surface area contributed by atoms with Crippen molar-refractivity contribution in [1.82, 2.24) is 0 Å². The monoisotopic (exact) mass is 282 g/mol. The van der Waals surface area contributed by atoms with Crippen LogP contribution in [0, 0.1) is 6.92 Å². The van der Waals surface area contributed by atoms with Gasteiger partial charge in [0.25, 0.3) is 0 Å². The standard InChI is InChI=1S/C19H22O2/c1-14-13-16(21-2)10-11-17(14)19(20)12-6-5-8-15-7-3-4-9-18(15)19/h3-4,7,9-11,13,20H,5-6,8,12H2,1-2H3. The van der Waals surface area contributed by atoms with Crippen molar-refractivity contribution in [2.45, 2.75) is 38.2 Å². The maximum absolute atomic E-state index is 11.5. The Morgan fingerprint density at radius 1 is 1.05 bits per heavy atom. The van der Waals surface area contributed by atoms with E-state index in [9.17, 15) is 5.11 Å². The van der Waals surface area contributed by atoms with E-state index in [4.69, 9.17) is 4.74 Å². The molecule has 2 nitrogen and oxygen atoms in total. The van der Waals surface area contributed by atoms with Crippen molar-refractivity contribution in [2.75, 3.05) is 7.11 Å². The van der Waals surface area contributed by atoms with E-state index < -0.39 is 5.60 Å². The van der Waals surface area contributed by atoms with Crippen molar-refractivity contribution < 1.29 is 9.84 Å². The predicted molar refractivity (Wildman–Crippen MR) is 84.7 cm³/mol. The lowest BCUT2D eigenvalue weighted by Crippen LogP contribution is -2.28. The lowest BCUT2D eigenvalue weighted by atomic mass is 9.80. The van der Waals surface area contributed by atoms with Crippen LogP contribution in [0.15, 0.2) is 42.5 Å². The average Bonchev–Trinajstić information content (AvgIpc) is 2.67. The van der Waals surface area contributed by atoms with Gasteiger partial charge >= 0.3 is 0 Å². The van der Waals surface area contributed by atoms with Crippen molar-refractivity contribution in [3.05, 3.63) is 64.7 Å². The van der Waals surface area contributed by atoms with Gasteiger partial charge < -0.3 is 9.84 Å². The largest absolute Gasteiger partial charge is 0.497 e. The molecule has 2 heteroatoms. The lowest BCUT2D eigenvalue weighted by Gasteiger charge is -2.31. The Kier molecular flexibility index (Phi) is 3.73. The number of methoxy groups -OCH3 is 1. The first-order chi connectivity index (χ1) is 10.1. The minimum absolute atomic E-state index is 0.775. The van der Waals surface area contributed by atoms with Gasteiger partial charge in [-0.05, 0) is 67.0 Å². The van der Waals surface area contributed by atoms with Crippen molar-refractivity contribution in [3.8, 4) is 5.75 Å². The fraction of sp³-hybridized carbons (Fsp3) is 0.368. The molecule has 1 aliphatic carbocycles. The van der Waals surface area contributed by atoms with Crippen molar-refractivity contribution >= 4 is 0 Å². The van der Waals surface area contributed by atoms with Gasteiger partial charge in [0.1, 0.15) is 11.4 Å². The molecule has 1 atom stereocenters. The second-order valence-electron chi connectivity index (χ2n) is 5.91. The summed E-state index contributed by atoms with van der Waals surface area (Å²) in [6.07, 6.45) is 4.00. The first-order valence-electron chi connectivity index (χ1n) is 7.61. The molecule has 1 unspecified atom stereocenters. The number of aryl methyl sites for hydroxylation is 2. The van der Waals surface area contributed by atoms with Gasteiger partial charge in [0.05, 0.1) is 7.11 Å². The zero-order chi connectivity index (χ0) is 14.9. The molecule has 110 valence electrons. The predicted octanol–water partition coefficient (Wildman–Crippen LogP) is 3.97. The van der Waals surface area contributed by atoms with Gasteiger partial charge in [0, 0.05) is 0 Å². The van der Waals surface area contributed by atoms with Crippen LogP contribution in [0.3, 0.4) is 0 Å². The molecule has 0 fully saturated rings. The summed E-state index contributed by atoms with van der Waals surface area (Å²) in [4.78, 5) is 0. The van der Waals surface area contributed by atoms with E-state index in [1.165, 1.54) is 5.56 Å². The molecule has 0 saturated carbocycles. The normalized spacial score (nSPS) is 21.5. The molecule has 1 N–H and O–H groups in total. The van der Waals surface area contributed by atoms with Gasteiger partial charge in [0.15, 0.2) is 0 Å². The third-order valence-corrected chi connectivity index (χ3v) is 4.58. The number of benzene rings is 2. The van der Waals surface area contributed by atoms with Crippen LogP contribution in [-0.2, 0) is 12.0 Å². The van der Waals surface area contributed by atoms with Gasteiger partial charge in [-0.2, -0.15) is 0 Å². The Labute approximate surface area is 126 Å².